The molecule has 0 amide bonds. The van der Waals surface area contributed by atoms with E-state index in [2.05, 4.69) is 35.9 Å². The number of hydrogen-bond acceptors (Lipinski definition) is 3. The number of likely N-dealkylation sites (tertiary alicyclic amines) is 1. The van der Waals surface area contributed by atoms with Gasteiger partial charge in [0.05, 0.1) is 0 Å². The third-order valence-electron chi connectivity index (χ3n) is 5.00. The first-order chi connectivity index (χ1) is 9.20. The third kappa shape index (κ3) is 4.44. The van der Waals surface area contributed by atoms with E-state index in [9.17, 15) is 0 Å². The number of likely N-dealkylation sites (N-methyl/N-ethyl adjacent to an activating group) is 1. The van der Waals surface area contributed by atoms with Crippen LogP contribution in [0.5, 0.6) is 0 Å². The molecule has 0 radical (unpaired) electrons. The summed E-state index contributed by atoms with van der Waals surface area (Å²) in [6.45, 7) is 13.3. The van der Waals surface area contributed by atoms with Crippen LogP contribution in [0.3, 0.4) is 0 Å². The van der Waals surface area contributed by atoms with Gasteiger partial charge < -0.3 is 10.2 Å². The molecule has 0 saturated carbocycles. The Bertz CT molecular complexity index is 248. The maximum atomic E-state index is 3.65. The zero-order valence-electron chi connectivity index (χ0n) is 13.2. The molecule has 19 heavy (non-hydrogen) atoms. The highest BCUT2D eigenvalue weighted by Crippen LogP contribution is 2.19. The standard InChI is InChI=1S/C16H33N3/c1-4-18(13-15-7-5-10-17-15)16-8-6-11-19(12-9-16)14(2)3/h14-17H,4-13H2,1-3H3. The summed E-state index contributed by atoms with van der Waals surface area (Å²) in [7, 11) is 0. The van der Waals surface area contributed by atoms with Gasteiger partial charge in [0.1, 0.15) is 0 Å². The van der Waals surface area contributed by atoms with Crippen molar-refractivity contribution >= 4 is 0 Å². The van der Waals surface area contributed by atoms with Crippen molar-refractivity contribution in [3.8, 4) is 0 Å². The van der Waals surface area contributed by atoms with Crippen molar-refractivity contribution in [3.63, 3.8) is 0 Å². The zero-order valence-corrected chi connectivity index (χ0v) is 13.2. The molecule has 2 rings (SSSR count). The van der Waals surface area contributed by atoms with Crippen molar-refractivity contribution in [1.82, 2.24) is 15.1 Å². The van der Waals surface area contributed by atoms with Crippen LogP contribution in [0, 0.1) is 0 Å². The van der Waals surface area contributed by atoms with E-state index < -0.39 is 0 Å². The van der Waals surface area contributed by atoms with Crippen LogP contribution in [0.15, 0.2) is 0 Å². The molecule has 0 aromatic carbocycles. The molecule has 2 atom stereocenters. The molecule has 0 aliphatic carbocycles. The van der Waals surface area contributed by atoms with Crippen LogP contribution in [-0.2, 0) is 0 Å². The lowest BCUT2D eigenvalue weighted by molar-refractivity contribution is 0.166. The van der Waals surface area contributed by atoms with Crippen LogP contribution in [0.25, 0.3) is 0 Å². The minimum atomic E-state index is 0.713. The van der Waals surface area contributed by atoms with E-state index in [0.29, 0.717) is 6.04 Å². The van der Waals surface area contributed by atoms with E-state index in [1.807, 2.05) is 0 Å². The molecule has 2 unspecified atom stereocenters. The summed E-state index contributed by atoms with van der Waals surface area (Å²) >= 11 is 0. The van der Waals surface area contributed by atoms with Gasteiger partial charge in [-0.2, -0.15) is 0 Å². The summed E-state index contributed by atoms with van der Waals surface area (Å²) in [5, 5.41) is 3.65. The van der Waals surface area contributed by atoms with E-state index in [0.717, 1.165) is 12.1 Å². The molecule has 2 fully saturated rings. The van der Waals surface area contributed by atoms with Crippen LogP contribution in [0.1, 0.15) is 52.9 Å². The van der Waals surface area contributed by atoms with Gasteiger partial charge >= 0.3 is 0 Å². The van der Waals surface area contributed by atoms with Gasteiger partial charge in [-0.3, -0.25) is 4.90 Å². The van der Waals surface area contributed by atoms with Crippen molar-refractivity contribution in [2.24, 2.45) is 0 Å². The fourth-order valence-corrected chi connectivity index (χ4v) is 3.71. The maximum Gasteiger partial charge on any atom is 0.0195 e. The van der Waals surface area contributed by atoms with E-state index >= 15 is 0 Å². The number of hydrogen-bond donors (Lipinski definition) is 1. The fraction of sp³-hybridized carbons (Fsp3) is 1.00. The van der Waals surface area contributed by atoms with Gasteiger partial charge in [-0.25, -0.2) is 0 Å². The predicted octanol–water partition coefficient (Wildman–Crippen LogP) is 2.32. The molecule has 1 N–H and O–H groups in total. The minimum absolute atomic E-state index is 0.713. The van der Waals surface area contributed by atoms with Gasteiger partial charge in [-0.15, -0.1) is 0 Å². The number of nitrogens with one attached hydrogen (secondary N) is 1. The second-order valence-electron chi connectivity index (χ2n) is 6.60. The van der Waals surface area contributed by atoms with Gasteiger partial charge in [0.15, 0.2) is 0 Å². The fourth-order valence-electron chi connectivity index (χ4n) is 3.71. The Morgan fingerprint density at radius 3 is 2.63 bits per heavy atom. The van der Waals surface area contributed by atoms with E-state index in [1.165, 1.54) is 64.8 Å². The van der Waals surface area contributed by atoms with Crippen molar-refractivity contribution in [2.45, 2.75) is 71.0 Å². The summed E-state index contributed by atoms with van der Waals surface area (Å²) in [6.07, 6.45) is 6.87. The predicted molar refractivity (Wildman–Crippen MR) is 82.6 cm³/mol. The van der Waals surface area contributed by atoms with Gasteiger partial charge in [0.2, 0.25) is 0 Å². The van der Waals surface area contributed by atoms with Gasteiger partial charge in [0.25, 0.3) is 0 Å². The first kappa shape index (κ1) is 15.3. The lowest BCUT2D eigenvalue weighted by atomic mass is 10.1. The van der Waals surface area contributed by atoms with E-state index in [4.69, 9.17) is 0 Å². The maximum absolute atomic E-state index is 3.65. The smallest absolute Gasteiger partial charge is 0.0195 e. The first-order valence-corrected chi connectivity index (χ1v) is 8.42. The molecule has 2 aliphatic rings. The topological polar surface area (TPSA) is 18.5 Å². The SMILES string of the molecule is CCN(CC1CCCN1)C1CCCN(C(C)C)CC1. The quantitative estimate of drug-likeness (QED) is 0.825. The molecular formula is C16H33N3. The Morgan fingerprint density at radius 1 is 1.16 bits per heavy atom. The largest absolute Gasteiger partial charge is 0.313 e. The molecule has 0 spiro atoms. The highest BCUT2D eigenvalue weighted by molar-refractivity contribution is 4.83. The highest BCUT2D eigenvalue weighted by Gasteiger charge is 2.25. The summed E-state index contributed by atoms with van der Waals surface area (Å²) < 4.78 is 0. The molecule has 0 aromatic rings. The molecular weight excluding hydrogens is 234 g/mol. The lowest BCUT2D eigenvalue weighted by Crippen LogP contribution is -2.43. The second kappa shape index (κ2) is 7.61. The molecule has 112 valence electrons. The molecule has 0 aromatic heterocycles. The summed E-state index contributed by atoms with van der Waals surface area (Å²) in [6, 6.07) is 2.28. The molecule has 0 bridgehead atoms. The van der Waals surface area contributed by atoms with Crippen LogP contribution >= 0.6 is 0 Å². The lowest BCUT2D eigenvalue weighted by Gasteiger charge is -2.32. The third-order valence-corrected chi connectivity index (χ3v) is 5.00. The van der Waals surface area contributed by atoms with Crippen LogP contribution in [-0.4, -0.2) is 60.6 Å². The Balaban J connectivity index is 1.83. The zero-order chi connectivity index (χ0) is 13.7. The second-order valence-corrected chi connectivity index (χ2v) is 6.60. The Hall–Kier alpha value is -0.120. The van der Waals surface area contributed by atoms with Crippen LogP contribution in [0.2, 0.25) is 0 Å². The monoisotopic (exact) mass is 267 g/mol. The van der Waals surface area contributed by atoms with Crippen LogP contribution < -0.4 is 5.32 Å². The number of rotatable bonds is 5. The van der Waals surface area contributed by atoms with Crippen molar-refractivity contribution in [1.29, 1.82) is 0 Å². The van der Waals surface area contributed by atoms with E-state index in [-0.39, 0.29) is 0 Å². The van der Waals surface area contributed by atoms with Crippen molar-refractivity contribution in [3.05, 3.63) is 0 Å². The summed E-state index contributed by atoms with van der Waals surface area (Å²) in [5.41, 5.74) is 0. The normalized spacial score (nSPS) is 30.2. The summed E-state index contributed by atoms with van der Waals surface area (Å²) in [5.74, 6) is 0. The van der Waals surface area contributed by atoms with Gasteiger partial charge in [0, 0.05) is 24.7 Å². The van der Waals surface area contributed by atoms with Gasteiger partial charge in [-0.1, -0.05) is 6.92 Å². The van der Waals surface area contributed by atoms with E-state index in [1.54, 1.807) is 0 Å². The molecule has 3 heteroatoms. The van der Waals surface area contributed by atoms with Crippen molar-refractivity contribution in [2.75, 3.05) is 32.7 Å². The highest BCUT2D eigenvalue weighted by atomic mass is 15.2. The Morgan fingerprint density at radius 2 is 2.00 bits per heavy atom. The average Bonchev–Trinajstić information content (AvgIpc) is 2.78. The summed E-state index contributed by atoms with van der Waals surface area (Å²) in [4.78, 5) is 5.40. The average molecular weight is 267 g/mol. The van der Waals surface area contributed by atoms with Crippen LogP contribution in [0.4, 0.5) is 0 Å². The Labute approximate surface area is 119 Å². The van der Waals surface area contributed by atoms with Gasteiger partial charge in [-0.05, 0) is 72.1 Å². The van der Waals surface area contributed by atoms with Crippen molar-refractivity contribution < 1.29 is 0 Å². The first-order valence-electron chi connectivity index (χ1n) is 8.42. The Kier molecular flexibility index (Phi) is 6.11. The molecule has 2 saturated heterocycles. The number of nitrogens with zero attached hydrogens (tertiary/aromatic N) is 2. The molecule has 2 aliphatic heterocycles. The minimum Gasteiger partial charge on any atom is -0.313 e. The molecule has 2 heterocycles. The molecule has 3 nitrogen and oxygen atoms in total.